The number of rotatable bonds is 10. The highest BCUT2D eigenvalue weighted by atomic mass is 32.2. The number of methoxy groups -OCH3 is 1. The molecule has 4 aliphatic rings. The normalized spacial score (nSPS) is 22.2. The number of benzene rings is 2. The zero-order chi connectivity index (χ0) is 36.9. The maximum atomic E-state index is 16.1. The molecule has 3 aromatic rings. The minimum absolute atomic E-state index is 0.0346. The minimum atomic E-state index is -4.17. The van der Waals surface area contributed by atoms with Crippen LogP contribution < -0.4 is 20.0 Å². The van der Waals surface area contributed by atoms with Crippen LogP contribution in [0.1, 0.15) is 76.9 Å². The smallest absolute Gasteiger partial charge is 0.341 e. The topological polar surface area (TPSA) is 142 Å². The monoisotopic (exact) mass is 739 g/mol. The summed E-state index contributed by atoms with van der Waals surface area (Å²) in [4.78, 5) is 46.6. The van der Waals surface area contributed by atoms with Crippen molar-refractivity contribution in [3.63, 3.8) is 0 Å². The fourth-order valence-electron chi connectivity index (χ4n) is 8.56. The van der Waals surface area contributed by atoms with Crippen molar-refractivity contribution in [2.24, 2.45) is 0 Å². The first-order valence-corrected chi connectivity index (χ1v) is 19.6. The molecule has 13 nitrogen and oxygen atoms in total. The summed E-state index contributed by atoms with van der Waals surface area (Å²) in [6.07, 6.45) is 3.96. The second kappa shape index (κ2) is 14.4. The highest BCUT2D eigenvalue weighted by Gasteiger charge is 2.47. The molecule has 0 saturated carbocycles. The molecule has 5 heterocycles. The second-order valence-electron chi connectivity index (χ2n) is 14.1. The quantitative estimate of drug-likeness (QED) is 0.308. The van der Waals surface area contributed by atoms with E-state index >= 15 is 4.39 Å². The molecule has 0 aliphatic carbocycles. The Morgan fingerprint density at radius 1 is 1.00 bits per heavy atom. The average Bonchev–Trinajstić information content (AvgIpc) is 3.75. The van der Waals surface area contributed by atoms with Gasteiger partial charge in [-0.15, -0.1) is 0 Å². The molecule has 1 atom stereocenters. The van der Waals surface area contributed by atoms with Gasteiger partial charge in [0, 0.05) is 62.0 Å². The van der Waals surface area contributed by atoms with Crippen molar-refractivity contribution in [1.82, 2.24) is 18.8 Å². The molecule has 3 saturated heterocycles. The number of carbonyl (C=O) groups is 2. The van der Waals surface area contributed by atoms with Gasteiger partial charge in [-0.2, -0.15) is 12.7 Å². The van der Waals surface area contributed by atoms with Crippen LogP contribution in [0.3, 0.4) is 0 Å². The van der Waals surface area contributed by atoms with Crippen molar-refractivity contribution in [2.45, 2.75) is 77.0 Å². The Bertz CT molecular complexity index is 2050. The van der Waals surface area contributed by atoms with E-state index in [2.05, 4.69) is 27.6 Å². The van der Waals surface area contributed by atoms with E-state index in [9.17, 15) is 22.8 Å². The molecular weight excluding hydrogens is 693 g/mol. The fourth-order valence-corrected chi connectivity index (χ4v) is 10.2. The van der Waals surface area contributed by atoms with Crippen LogP contribution in [-0.4, -0.2) is 106 Å². The van der Waals surface area contributed by atoms with Gasteiger partial charge < -0.3 is 23.7 Å². The molecule has 1 aromatic heterocycles. The Labute approximate surface area is 302 Å². The fraction of sp³-hybridized carbons (Fsp3) is 0.541. The molecular formula is C37H46FN5O8S. The Balaban J connectivity index is 1.14. The molecule has 2 bridgehead atoms. The van der Waals surface area contributed by atoms with Gasteiger partial charge in [0.2, 0.25) is 0 Å². The first kappa shape index (κ1) is 36.3. The van der Waals surface area contributed by atoms with Gasteiger partial charge in [0.15, 0.2) is 11.6 Å². The molecule has 52 heavy (non-hydrogen) atoms. The number of hydrogen-bond acceptors (Lipinski definition) is 10. The van der Waals surface area contributed by atoms with Crippen molar-refractivity contribution in [3.8, 4) is 5.75 Å². The predicted molar refractivity (Wildman–Crippen MR) is 193 cm³/mol. The SMILES string of the molecule is CCOc1c(C(=O)NS(=O)(=O)N2C3CCC2CC3)ccc(C(=O)N2CCc3c(c(=O)oc4c(CC)c(N5CCN(C)C(COC)C5)ccc34)C2)c1F. The predicted octanol–water partition coefficient (Wildman–Crippen LogP) is 3.46. The lowest BCUT2D eigenvalue weighted by Crippen LogP contribution is -2.53. The van der Waals surface area contributed by atoms with Gasteiger partial charge in [0.05, 0.1) is 42.5 Å². The summed E-state index contributed by atoms with van der Waals surface area (Å²) < 4.78 is 62.8. The molecule has 7 rings (SSSR count). The lowest BCUT2D eigenvalue weighted by Gasteiger charge is -2.41. The number of likely N-dealkylation sites (N-methyl/N-ethyl adjacent to an activating group) is 1. The van der Waals surface area contributed by atoms with Crippen molar-refractivity contribution in [1.29, 1.82) is 0 Å². The Kier molecular flexibility index (Phi) is 10.1. The van der Waals surface area contributed by atoms with Gasteiger partial charge in [-0.25, -0.2) is 13.9 Å². The van der Waals surface area contributed by atoms with E-state index in [0.29, 0.717) is 30.6 Å². The molecule has 15 heteroatoms. The number of carbonyl (C=O) groups excluding carboxylic acids is 2. The first-order valence-electron chi connectivity index (χ1n) is 18.1. The molecule has 1 unspecified atom stereocenters. The molecule has 2 amide bonds. The summed E-state index contributed by atoms with van der Waals surface area (Å²) in [5.41, 5.74) is 2.44. The van der Waals surface area contributed by atoms with Crippen LogP contribution in [0.4, 0.5) is 10.1 Å². The Hall–Kier alpha value is -4.05. The number of amides is 2. The summed E-state index contributed by atoms with van der Waals surface area (Å²) in [5, 5.41) is 0.821. The number of fused-ring (bicyclic) bond motifs is 5. The summed E-state index contributed by atoms with van der Waals surface area (Å²) in [6, 6.07) is 6.34. The number of aryl methyl sites for hydroxylation is 1. The maximum absolute atomic E-state index is 16.1. The highest BCUT2D eigenvalue weighted by Crippen LogP contribution is 2.39. The van der Waals surface area contributed by atoms with Crippen LogP contribution in [0.15, 0.2) is 33.5 Å². The van der Waals surface area contributed by atoms with Crippen LogP contribution in [-0.2, 0) is 34.3 Å². The number of piperazine rings is 1. The molecule has 0 radical (unpaired) electrons. The van der Waals surface area contributed by atoms with Gasteiger partial charge in [-0.05, 0) is 82.3 Å². The first-order chi connectivity index (χ1) is 25.0. The maximum Gasteiger partial charge on any atom is 0.341 e. The standard InChI is InChI=1S/C37H46FN5O8S/c1-5-25-31(41-18-17-40(3)24(19-41)21-49-4)14-13-27-26-15-16-42(20-30(26)37(46)51-33(25)27)36(45)28-11-12-29(34(32(28)38)50-6-2)35(44)39-52(47,48)43-22-7-8-23(43)10-9-22/h11-14,22-24H,5-10,15-21H2,1-4H3,(H,39,44). The Morgan fingerprint density at radius 3 is 2.38 bits per heavy atom. The third kappa shape index (κ3) is 6.35. The highest BCUT2D eigenvalue weighted by molar-refractivity contribution is 7.87. The molecule has 280 valence electrons. The van der Waals surface area contributed by atoms with E-state index in [1.54, 1.807) is 14.0 Å². The summed E-state index contributed by atoms with van der Waals surface area (Å²) >= 11 is 0. The van der Waals surface area contributed by atoms with E-state index in [-0.39, 0.29) is 48.9 Å². The van der Waals surface area contributed by atoms with Gasteiger partial charge in [0.1, 0.15) is 5.58 Å². The van der Waals surface area contributed by atoms with E-state index in [1.807, 2.05) is 13.0 Å². The molecule has 2 aromatic carbocycles. The van der Waals surface area contributed by atoms with Crippen molar-refractivity contribution < 1.29 is 36.3 Å². The number of nitrogens with one attached hydrogen (secondary N) is 1. The molecule has 3 fully saturated rings. The number of halogens is 1. The molecule has 1 N–H and O–H groups in total. The lowest BCUT2D eigenvalue weighted by atomic mass is 9.94. The lowest BCUT2D eigenvalue weighted by molar-refractivity contribution is 0.0726. The summed E-state index contributed by atoms with van der Waals surface area (Å²) in [7, 11) is -0.371. The number of hydrogen-bond donors (Lipinski definition) is 1. The van der Waals surface area contributed by atoms with Crippen molar-refractivity contribution in [3.05, 3.63) is 68.3 Å². The van der Waals surface area contributed by atoms with Crippen molar-refractivity contribution in [2.75, 3.05) is 58.5 Å². The summed E-state index contributed by atoms with van der Waals surface area (Å²) in [6.45, 7) is 6.81. The second-order valence-corrected chi connectivity index (χ2v) is 15.7. The van der Waals surface area contributed by atoms with Gasteiger partial charge in [-0.1, -0.05) is 6.92 Å². The van der Waals surface area contributed by atoms with Gasteiger partial charge >= 0.3 is 15.8 Å². The third-order valence-corrected chi connectivity index (χ3v) is 12.8. The molecule has 4 aliphatic heterocycles. The van der Waals surface area contributed by atoms with E-state index in [0.717, 1.165) is 73.6 Å². The van der Waals surface area contributed by atoms with E-state index in [1.165, 1.54) is 15.3 Å². The van der Waals surface area contributed by atoms with Crippen molar-refractivity contribution >= 4 is 38.7 Å². The largest absolute Gasteiger partial charge is 0.490 e. The molecule has 0 spiro atoms. The van der Waals surface area contributed by atoms with Gasteiger partial charge in [-0.3, -0.25) is 14.5 Å². The zero-order valence-electron chi connectivity index (χ0n) is 30.1. The summed E-state index contributed by atoms with van der Waals surface area (Å²) in [5.74, 6) is -3.32. The van der Waals surface area contributed by atoms with Crippen LogP contribution in [0.25, 0.3) is 11.0 Å². The minimum Gasteiger partial charge on any atom is -0.490 e. The number of nitrogens with zero attached hydrogens (tertiary/aromatic N) is 4. The van der Waals surface area contributed by atoms with Crippen LogP contribution in [0.5, 0.6) is 5.75 Å². The zero-order valence-corrected chi connectivity index (χ0v) is 30.9. The third-order valence-electron chi connectivity index (χ3n) is 11.2. The van der Waals surface area contributed by atoms with Crippen LogP contribution >= 0.6 is 0 Å². The van der Waals surface area contributed by atoms with E-state index < -0.39 is 39.2 Å². The van der Waals surface area contributed by atoms with Gasteiger partial charge in [0.25, 0.3) is 11.8 Å². The van der Waals surface area contributed by atoms with Crippen LogP contribution in [0, 0.1) is 5.82 Å². The Morgan fingerprint density at radius 2 is 1.71 bits per heavy atom. The average molecular weight is 740 g/mol. The van der Waals surface area contributed by atoms with Crippen LogP contribution in [0.2, 0.25) is 0 Å². The number of ether oxygens (including phenoxy) is 2. The number of anilines is 1. The van der Waals surface area contributed by atoms with E-state index in [4.69, 9.17) is 13.9 Å².